The second-order valence-corrected chi connectivity index (χ2v) is 15.7. The predicted octanol–water partition coefficient (Wildman–Crippen LogP) is 5.45. The largest absolute Gasteiger partial charge is 0.378 e. The van der Waals surface area contributed by atoms with Crippen molar-refractivity contribution in [2.75, 3.05) is 71.0 Å². The summed E-state index contributed by atoms with van der Waals surface area (Å²) in [6, 6.07) is 3.05. The zero-order valence-corrected chi connectivity index (χ0v) is 29.6. The van der Waals surface area contributed by atoms with Crippen LogP contribution < -0.4 is 4.90 Å². The maximum Gasteiger partial charge on any atom is 0.245 e. The van der Waals surface area contributed by atoms with Gasteiger partial charge in [0.05, 0.1) is 37.0 Å². The van der Waals surface area contributed by atoms with Crippen LogP contribution in [0.3, 0.4) is 0 Å². The number of aromatic amines is 1. The molecule has 8 rings (SSSR count). The molecule has 0 atom stereocenters. The number of fused-ring (bicyclic) bond motifs is 1. The van der Waals surface area contributed by atoms with Crippen LogP contribution in [0.1, 0.15) is 63.3 Å². The first-order valence-electron chi connectivity index (χ1n) is 17.4. The van der Waals surface area contributed by atoms with E-state index in [-0.39, 0.29) is 16.9 Å². The number of halogens is 1. The van der Waals surface area contributed by atoms with Crippen LogP contribution in [0.25, 0.3) is 22.0 Å². The predicted molar refractivity (Wildman–Crippen MR) is 188 cm³/mol. The van der Waals surface area contributed by atoms with Crippen molar-refractivity contribution in [2.45, 2.75) is 77.4 Å². The molecule has 4 aliphatic heterocycles. The molecule has 1 spiro atoms. The van der Waals surface area contributed by atoms with Gasteiger partial charge >= 0.3 is 0 Å². The van der Waals surface area contributed by atoms with E-state index in [9.17, 15) is 4.79 Å². The molecule has 10 nitrogen and oxygen atoms in total. The third kappa shape index (κ3) is 5.89. The molecule has 1 aromatic carbocycles. The van der Waals surface area contributed by atoms with E-state index in [1.165, 1.54) is 56.4 Å². The van der Waals surface area contributed by atoms with Crippen molar-refractivity contribution in [3.63, 3.8) is 0 Å². The molecule has 47 heavy (non-hydrogen) atoms. The normalized spacial score (nSPS) is 23.2. The summed E-state index contributed by atoms with van der Waals surface area (Å²) in [6.45, 7) is 22.1. The lowest BCUT2D eigenvalue weighted by molar-refractivity contribution is -0.149. The fourth-order valence-electron chi connectivity index (χ4n) is 8.52. The molecule has 2 aromatic heterocycles. The Bertz CT molecular complexity index is 1640. The van der Waals surface area contributed by atoms with Crippen LogP contribution in [0.15, 0.2) is 24.9 Å². The van der Waals surface area contributed by atoms with Crippen LogP contribution in [-0.2, 0) is 9.53 Å². The van der Waals surface area contributed by atoms with Gasteiger partial charge in [-0.2, -0.15) is 10.2 Å². The second-order valence-electron chi connectivity index (χ2n) is 15.3. The van der Waals surface area contributed by atoms with Crippen molar-refractivity contribution in [1.82, 2.24) is 34.7 Å². The van der Waals surface area contributed by atoms with E-state index in [1.807, 2.05) is 17.2 Å². The van der Waals surface area contributed by atoms with Crippen LogP contribution in [0.5, 0.6) is 0 Å². The number of H-pyrrole nitrogens is 1. The van der Waals surface area contributed by atoms with E-state index in [2.05, 4.69) is 70.9 Å². The highest BCUT2D eigenvalue weighted by molar-refractivity contribution is 6.33. The summed E-state index contributed by atoms with van der Waals surface area (Å²) in [6.07, 6.45) is 8.99. The standard InChI is InChI=1S/C28H35ClN6O.C8H16N2O/c1-6-23(36)33-15-28(16-33)12-19(13-28)35-18(3)25(26(32-35)34-10-8-7-9-27(34,4)5)24-17(2)21(29)11-22-20(24)14-30-31-22;1-9-2-4-10(5-3-9)8-6-11-7-8/h6,11,14,19H,1,7-10,12-13,15-16H2,2-5H3,(H,30,31);8H,2-7H2,1H3. The molecule has 1 amide bonds. The Morgan fingerprint density at radius 3 is 2.43 bits per heavy atom. The van der Waals surface area contributed by atoms with Crippen molar-refractivity contribution in [3.8, 4) is 11.1 Å². The van der Waals surface area contributed by atoms with Gasteiger partial charge in [0.2, 0.25) is 5.91 Å². The van der Waals surface area contributed by atoms with Gasteiger partial charge in [-0.3, -0.25) is 19.5 Å². The topological polar surface area (TPSA) is 85.8 Å². The number of hydrogen-bond acceptors (Lipinski definition) is 7. The van der Waals surface area contributed by atoms with Gasteiger partial charge in [-0.05, 0) is 84.6 Å². The summed E-state index contributed by atoms with van der Waals surface area (Å²) in [5.41, 5.74) is 5.75. The minimum absolute atomic E-state index is 0.0287. The first kappa shape index (κ1) is 32.6. The monoisotopic (exact) mass is 662 g/mol. The SMILES string of the molecule is C=CC(=O)N1CC2(CC(n3nc(N4CCCCC4(C)C)c(-c4c(C)c(Cl)cc5[nH]ncc45)c3C)C2)C1.CN1CCN(C2COC2)CC1. The van der Waals surface area contributed by atoms with Gasteiger partial charge in [-0.25, -0.2) is 0 Å². The van der Waals surface area contributed by atoms with Crippen molar-refractivity contribution < 1.29 is 9.53 Å². The zero-order valence-electron chi connectivity index (χ0n) is 28.8. The molecule has 254 valence electrons. The van der Waals surface area contributed by atoms with Gasteiger partial charge in [0, 0.05) is 84.0 Å². The minimum Gasteiger partial charge on any atom is -0.378 e. The number of rotatable bonds is 5. The highest BCUT2D eigenvalue weighted by atomic mass is 35.5. The van der Waals surface area contributed by atoms with Crippen molar-refractivity contribution in [2.24, 2.45) is 5.41 Å². The number of anilines is 1. The Morgan fingerprint density at radius 2 is 1.79 bits per heavy atom. The second kappa shape index (κ2) is 12.5. The number of carbonyl (C=O) groups is 1. The zero-order chi connectivity index (χ0) is 33.1. The summed E-state index contributed by atoms with van der Waals surface area (Å²) >= 11 is 6.74. The van der Waals surface area contributed by atoms with E-state index in [4.69, 9.17) is 21.4 Å². The Hall–Kier alpha value is -2.92. The number of benzene rings is 1. The number of likely N-dealkylation sites (N-methyl/N-ethyl adjacent to an activating group) is 1. The molecule has 0 unspecified atom stereocenters. The number of nitrogens with one attached hydrogen (secondary N) is 1. The molecular weight excluding hydrogens is 612 g/mol. The number of aromatic nitrogens is 4. The van der Waals surface area contributed by atoms with Crippen LogP contribution in [0, 0.1) is 19.3 Å². The molecule has 1 aliphatic carbocycles. The van der Waals surface area contributed by atoms with Gasteiger partial charge in [0.15, 0.2) is 5.82 Å². The molecule has 1 N–H and O–H groups in total. The molecule has 11 heteroatoms. The molecular formula is C36H51ClN8O2. The van der Waals surface area contributed by atoms with E-state index in [0.717, 1.165) is 91.0 Å². The van der Waals surface area contributed by atoms with E-state index in [0.29, 0.717) is 6.04 Å². The average Bonchev–Trinajstić information content (AvgIpc) is 3.57. The van der Waals surface area contributed by atoms with Gasteiger partial charge < -0.3 is 19.4 Å². The summed E-state index contributed by atoms with van der Waals surface area (Å²) in [5.74, 6) is 1.10. The first-order valence-corrected chi connectivity index (χ1v) is 17.8. The van der Waals surface area contributed by atoms with Gasteiger partial charge in [-0.1, -0.05) is 18.2 Å². The molecule has 0 bridgehead atoms. The summed E-state index contributed by atoms with van der Waals surface area (Å²) in [5, 5.41) is 14.6. The number of amides is 1. The van der Waals surface area contributed by atoms with Crippen LogP contribution >= 0.6 is 11.6 Å². The maximum atomic E-state index is 12.0. The number of ether oxygens (including phenoxy) is 1. The number of piperidine rings is 1. The van der Waals surface area contributed by atoms with E-state index < -0.39 is 0 Å². The Balaban J connectivity index is 0.000000269. The molecule has 0 radical (unpaired) electrons. The number of nitrogens with zero attached hydrogens (tertiary/aromatic N) is 7. The van der Waals surface area contributed by atoms with Gasteiger partial charge in [0.25, 0.3) is 0 Å². The van der Waals surface area contributed by atoms with E-state index >= 15 is 0 Å². The Morgan fingerprint density at radius 1 is 1.06 bits per heavy atom. The summed E-state index contributed by atoms with van der Waals surface area (Å²) in [4.78, 5) is 21.3. The molecule has 6 heterocycles. The minimum atomic E-state index is 0.0287. The van der Waals surface area contributed by atoms with E-state index in [1.54, 1.807) is 0 Å². The quantitative estimate of drug-likeness (QED) is 0.364. The lowest BCUT2D eigenvalue weighted by Crippen LogP contribution is -2.63. The Labute approximate surface area is 284 Å². The molecule has 1 saturated carbocycles. The fourth-order valence-corrected chi connectivity index (χ4v) is 8.73. The third-order valence-corrected chi connectivity index (χ3v) is 12.0. The fraction of sp³-hybridized carbons (Fsp3) is 0.639. The lowest BCUT2D eigenvalue weighted by Gasteiger charge is -2.58. The van der Waals surface area contributed by atoms with Crippen molar-refractivity contribution >= 4 is 34.2 Å². The van der Waals surface area contributed by atoms with Crippen molar-refractivity contribution in [3.05, 3.63) is 41.2 Å². The van der Waals surface area contributed by atoms with Crippen LogP contribution in [0.4, 0.5) is 5.82 Å². The summed E-state index contributed by atoms with van der Waals surface area (Å²) < 4.78 is 7.43. The Kier molecular flexibility index (Phi) is 8.68. The number of likely N-dealkylation sites (tertiary alicyclic amines) is 1. The highest BCUT2D eigenvalue weighted by Crippen LogP contribution is 2.55. The van der Waals surface area contributed by atoms with Crippen LogP contribution in [-0.4, -0.2) is 118 Å². The smallest absolute Gasteiger partial charge is 0.245 e. The van der Waals surface area contributed by atoms with Gasteiger partial charge in [0.1, 0.15) is 0 Å². The highest BCUT2D eigenvalue weighted by Gasteiger charge is 2.54. The number of piperazine rings is 1. The molecule has 5 fully saturated rings. The first-order chi connectivity index (χ1) is 22.5. The average molecular weight is 663 g/mol. The molecule has 4 saturated heterocycles. The maximum absolute atomic E-state index is 12.0. The van der Waals surface area contributed by atoms with Crippen molar-refractivity contribution in [1.29, 1.82) is 0 Å². The molecule has 3 aromatic rings. The van der Waals surface area contributed by atoms with Gasteiger partial charge in [-0.15, -0.1) is 0 Å². The number of carbonyl (C=O) groups excluding carboxylic acids is 1. The summed E-state index contributed by atoms with van der Waals surface area (Å²) in [7, 11) is 2.19. The molecule has 5 aliphatic rings. The lowest BCUT2D eigenvalue weighted by atomic mass is 9.60. The third-order valence-electron chi connectivity index (χ3n) is 11.6. The number of hydrogen-bond donors (Lipinski definition) is 1. The van der Waals surface area contributed by atoms with Crippen LogP contribution in [0.2, 0.25) is 5.02 Å².